The quantitative estimate of drug-likeness (QED) is 0.213. The van der Waals surface area contributed by atoms with E-state index in [2.05, 4.69) is 31.9 Å². The van der Waals surface area contributed by atoms with Crippen molar-refractivity contribution >= 4 is 65.3 Å². The maximum atomic E-state index is 12.9. The Morgan fingerprint density at radius 1 is 0.703 bits per heavy atom. The van der Waals surface area contributed by atoms with Crippen LogP contribution in [0.25, 0.3) is 21.5 Å². The SMILES string of the molecule is CC1(C)O[C@@H](COC(=O)c2ccc3ccccc3c2Br)[C@H](COC(=O)c2ccc3ccccc3c2Br)O1. The zero-order chi connectivity index (χ0) is 26.2. The van der Waals surface area contributed by atoms with E-state index in [0.717, 1.165) is 21.5 Å². The number of ether oxygens (including phenoxy) is 4. The van der Waals surface area contributed by atoms with Gasteiger partial charge in [-0.3, -0.25) is 0 Å². The highest BCUT2D eigenvalue weighted by Gasteiger charge is 2.43. The molecule has 2 atom stereocenters. The minimum atomic E-state index is -0.915. The highest BCUT2D eigenvalue weighted by atomic mass is 79.9. The standard InChI is InChI=1S/C29H24Br2O6/c1-29(2)36-23(15-34-27(32)21-13-11-17-7-3-5-9-19(17)25(21)30)24(37-29)16-35-28(33)22-14-12-18-8-4-6-10-20(18)26(22)31/h3-14,23-24H,15-16H2,1-2H3/t23-,24-/m0/s1. The lowest BCUT2D eigenvalue weighted by Gasteiger charge is -2.17. The van der Waals surface area contributed by atoms with Crippen LogP contribution >= 0.6 is 31.9 Å². The summed E-state index contributed by atoms with van der Waals surface area (Å²) in [4.78, 5) is 25.8. The molecule has 1 aliphatic rings. The summed E-state index contributed by atoms with van der Waals surface area (Å²) in [5, 5.41) is 3.87. The van der Waals surface area contributed by atoms with Gasteiger partial charge in [0.05, 0.1) is 11.1 Å². The van der Waals surface area contributed by atoms with Gasteiger partial charge in [0, 0.05) is 8.95 Å². The molecule has 0 bridgehead atoms. The molecule has 0 N–H and O–H groups in total. The summed E-state index contributed by atoms with van der Waals surface area (Å²) in [6.07, 6.45) is -1.21. The minimum Gasteiger partial charge on any atom is -0.459 e. The molecule has 0 amide bonds. The van der Waals surface area contributed by atoms with Crippen LogP contribution < -0.4 is 0 Å². The monoisotopic (exact) mass is 626 g/mol. The summed E-state index contributed by atoms with van der Waals surface area (Å²) >= 11 is 7.06. The van der Waals surface area contributed by atoms with Crippen LogP contribution in [0.4, 0.5) is 0 Å². The zero-order valence-electron chi connectivity index (χ0n) is 20.2. The molecule has 1 heterocycles. The van der Waals surface area contributed by atoms with Gasteiger partial charge in [-0.2, -0.15) is 0 Å². The Balaban J connectivity index is 1.25. The maximum Gasteiger partial charge on any atom is 0.339 e. The van der Waals surface area contributed by atoms with Gasteiger partial charge in [0.15, 0.2) is 5.79 Å². The van der Waals surface area contributed by atoms with Crippen molar-refractivity contribution in [2.24, 2.45) is 0 Å². The first-order valence-electron chi connectivity index (χ1n) is 11.8. The molecule has 0 spiro atoms. The average molecular weight is 628 g/mol. The molecule has 37 heavy (non-hydrogen) atoms. The van der Waals surface area contributed by atoms with Gasteiger partial charge in [0.2, 0.25) is 0 Å². The van der Waals surface area contributed by atoms with E-state index in [4.69, 9.17) is 18.9 Å². The Labute approximate surface area is 231 Å². The van der Waals surface area contributed by atoms with Crippen LogP contribution in [-0.2, 0) is 18.9 Å². The van der Waals surface area contributed by atoms with E-state index in [1.165, 1.54) is 0 Å². The maximum absolute atomic E-state index is 12.9. The Hall–Kier alpha value is -2.78. The number of carbonyl (C=O) groups is 2. The molecule has 0 radical (unpaired) electrons. The fourth-order valence-electron chi connectivity index (χ4n) is 4.44. The Morgan fingerprint density at radius 3 is 1.54 bits per heavy atom. The second-order valence-corrected chi connectivity index (χ2v) is 10.8. The fraction of sp³-hybridized carbons (Fsp3) is 0.241. The van der Waals surface area contributed by atoms with Gasteiger partial charge < -0.3 is 18.9 Å². The van der Waals surface area contributed by atoms with Crippen molar-refractivity contribution in [2.45, 2.75) is 31.8 Å². The predicted molar refractivity (Wildman–Crippen MR) is 148 cm³/mol. The first-order chi connectivity index (χ1) is 17.7. The topological polar surface area (TPSA) is 71.1 Å². The van der Waals surface area contributed by atoms with Crippen LogP contribution in [0.3, 0.4) is 0 Å². The second-order valence-electron chi connectivity index (χ2n) is 9.21. The fourth-order valence-corrected chi connectivity index (χ4v) is 5.76. The Bertz CT molecular complexity index is 1390. The highest BCUT2D eigenvalue weighted by Crippen LogP contribution is 2.32. The molecule has 0 saturated carbocycles. The van der Waals surface area contributed by atoms with E-state index in [0.29, 0.717) is 20.1 Å². The lowest BCUT2D eigenvalue weighted by atomic mass is 10.1. The summed E-state index contributed by atoms with van der Waals surface area (Å²) in [5.41, 5.74) is 0.835. The van der Waals surface area contributed by atoms with Crippen LogP contribution in [-0.4, -0.2) is 43.1 Å². The van der Waals surface area contributed by atoms with Gasteiger partial charge in [-0.25, -0.2) is 9.59 Å². The number of rotatable bonds is 6. The van der Waals surface area contributed by atoms with Crippen LogP contribution in [0.15, 0.2) is 81.7 Å². The van der Waals surface area contributed by atoms with Gasteiger partial charge >= 0.3 is 11.9 Å². The van der Waals surface area contributed by atoms with E-state index in [-0.39, 0.29) is 13.2 Å². The summed E-state index contributed by atoms with van der Waals surface area (Å²) in [7, 11) is 0. The summed E-state index contributed by atoms with van der Waals surface area (Å²) in [6, 6.07) is 22.7. The molecule has 4 aromatic rings. The number of esters is 2. The lowest BCUT2D eigenvalue weighted by Crippen LogP contribution is -2.33. The van der Waals surface area contributed by atoms with Gasteiger partial charge in [-0.15, -0.1) is 0 Å². The second kappa shape index (κ2) is 10.5. The van der Waals surface area contributed by atoms with Crippen molar-refractivity contribution in [1.29, 1.82) is 0 Å². The number of benzene rings is 4. The van der Waals surface area contributed by atoms with Gasteiger partial charge in [0.25, 0.3) is 0 Å². The van der Waals surface area contributed by atoms with Crippen LogP contribution in [0.5, 0.6) is 0 Å². The third-order valence-corrected chi connectivity index (χ3v) is 7.92. The molecule has 1 aliphatic heterocycles. The van der Waals surface area contributed by atoms with Crippen molar-refractivity contribution in [3.63, 3.8) is 0 Å². The normalized spacial score (nSPS) is 18.7. The lowest BCUT2D eigenvalue weighted by molar-refractivity contribution is -0.151. The van der Waals surface area contributed by atoms with E-state index < -0.39 is 29.9 Å². The van der Waals surface area contributed by atoms with Crippen molar-refractivity contribution in [2.75, 3.05) is 13.2 Å². The number of halogens is 2. The van der Waals surface area contributed by atoms with Crippen molar-refractivity contribution in [3.8, 4) is 0 Å². The molecule has 8 heteroatoms. The molecule has 1 saturated heterocycles. The first-order valence-corrected chi connectivity index (χ1v) is 13.4. The van der Waals surface area contributed by atoms with E-state index >= 15 is 0 Å². The molecule has 0 aromatic heterocycles. The van der Waals surface area contributed by atoms with Crippen molar-refractivity contribution in [3.05, 3.63) is 92.9 Å². The molecule has 190 valence electrons. The highest BCUT2D eigenvalue weighted by molar-refractivity contribution is 9.11. The Kier molecular flexibility index (Phi) is 7.36. The van der Waals surface area contributed by atoms with E-state index in [9.17, 15) is 9.59 Å². The summed E-state index contributed by atoms with van der Waals surface area (Å²) < 4.78 is 24.5. The third kappa shape index (κ3) is 5.43. The summed E-state index contributed by atoms with van der Waals surface area (Å²) in [6.45, 7) is 3.43. The number of hydrogen-bond donors (Lipinski definition) is 0. The minimum absolute atomic E-state index is 0.0522. The predicted octanol–water partition coefficient (Wildman–Crippen LogP) is 7.05. The smallest absolute Gasteiger partial charge is 0.339 e. The molecule has 0 aliphatic carbocycles. The van der Waals surface area contributed by atoms with Crippen LogP contribution in [0.1, 0.15) is 34.6 Å². The molecule has 0 unspecified atom stereocenters. The van der Waals surface area contributed by atoms with Crippen LogP contribution in [0.2, 0.25) is 0 Å². The van der Waals surface area contributed by atoms with E-state index in [1.807, 2.05) is 60.7 Å². The molecular formula is C29H24Br2O6. The number of hydrogen-bond acceptors (Lipinski definition) is 6. The van der Waals surface area contributed by atoms with Crippen molar-refractivity contribution < 1.29 is 28.5 Å². The average Bonchev–Trinajstić information content (AvgIpc) is 3.19. The largest absolute Gasteiger partial charge is 0.459 e. The first kappa shape index (κ1) is 25.9. The van der Waals surface area contributed by atoms with E-state index in [1.54, 1.807) is 26.0 Å². The zero-order valence-corrected chi connectivity index (χ0v) is 23.4. The number of carbonyl (C=O) groups excluding carboxylic acids is 2. The van der Waals surface area contributed by atoms with Gasteiger partial charge in [-0.1, -0.05) is 60.7 Å². The van der Waals surface area contributed by atoms with Gasteiger partial charge in [-0.05, 0) is 79.4 Å². The molecule has 4 aromatic carbocycles. The molecular weight excluding hydrogens is 604 g/mol. The van der Waals surface area contributed by atoms with Crippen LogP contribution in [0, 0.1) is 0 Å². The van der Waals surface area contributed by atoms with Crippen molar-refractivity contribution in [1.82, 2.24) is 0 Å². The molecule has 1 fully saturated rings. The molecule has 5 rings (SSSR count). The summed E-state index contributed by atoms with van der Waals surface area (Å²) in [5.74, 6) is -1.88. The van der Waals surface area contributed by atoms with Gasteiger partial charge in [0.1, 0.15) is 25.4 Å². The third-order valence-electron chi connectivity index (χ3n) is 6.21. The Morgan fingerprint density at radius 2 is 1.11 bits per heavy atom. The number of fused-ring (bicyclic) bond motifs is 2. The molecule has 6 nitrogen and oxygen atoms in total.